The fourth-order valence-corrected chi connectivity index (χ4v) is 2.14. The molecular weight excluding hydrogens is 228 g/mol. The van der Waals surface area contributed by atoms with E-state index >= 15 is 0 Å². The average molecular weight is 250 g/mol. The molecule has 2 unspecified atom stereocenters. The number of aryl methyl sites for hydroxylation is 1. The van der Waals surface area contributed by atoms with Crippen molar-refractivity contribution in [2.75, 3.05) is 30.4 Å². The van der Waals surface area contributed by atoms with Crippen LogP contribution < -0.4 is 10.2 Å². The predicted molar refractivity (Wildman–Crippen MR) is 73.2 cm³/mol. The van der Waals surface area contributed by atoms with Crippen LogP contribution in [0.5, 0.6) is 0 Å². The zero-order chi connectivity index (χ0) is 13.1. The molecule has 0 amide bonds. The van der Waals surface area contributed by atoms with E-state index in [2.05, 4.69) is 41.0 Å². The van der Waals surface area contributed by atoms with Crippen LogP contribution in [0, 0.1) is 0 Å². The van der Waals surface area contributed by atoms with Gasteiger partial charge in [0.05, 0.1) is 18.8 Å². The smallest absolute Gasteiger partial charge is 0.134 e. The number of hydrogen-bond acceptors (Lipinski definition) is 5. The van der Waals surface area contributed by atoms with E-state index in [1.54, 1.807) is 0 Å². The zero-order valence-electron chi connectivity index (χ0n) is 11.6. The Bertz CT molecular complexity index is 388. The van der Waals surface area contributed by atoms with E-state index < -0.39 is 0 Å². The Morgan fingerprint density at radius 2 is 2.22 bits per heavy atom. The van der Waals surface area contributed by atoms with Crippen molar-refractivity contribution in [2.24, 2.45) is 0 Å². The summed E-state index contributed by atoms with van der Waals surface area (Å²) in [4.78, 5) is 11.4. The molecule has 1 fully saturated rings. The molecule has 0 saturated carbocycles. The van der Waals surface area contributed by atoms with Crippen LogP contribution in [0.15, 0.2) is 6.07 Å². The summed E-state index contributed by atoms with van der Waals surface area (Å²) in [6.07, 6.45) is 1.09. The van der Waals surface area contributed by atoms with Gasteiger partial charge in [-0.2, -0.15) is 0 Å². The number of nitrogens with zero attached hydrogens (tertiary/aromatic N) is 3. The second-order valence-electron chi connectivity index (χ2n) is 4.78. The monoisotopic (exact) mass is 250 g/mol. The number of morpholine rings is 1. The van der Waals surface area contributed by atoms with Gasteiger partial charge in [0.1, 0.15) is 17.5 Å². The predicted octanol–water partition coefficient (Wildman–Crippen LogP) is 1.69. The zero-order valence-corrected chi connectivity index (χ0v) is 11.6. The molecule has 0 bridgehead atoms. The third-order valence-electron chi connectivity index (χ3n) is 3.23. The SMILES string of the molecule is CCc1nc(NC)cc(N2CC(C)OCC2C)n1. The second kappa shape index (κ2) is 5.52. The highest BCUT2D eigenvalue weighted by Gasteiger charge is 2.25. The van der Waals surface area contributed by atoms with E-state index in [9.17, 15) is 0 Å². The molecule has 0 aromatic carbocycles. The van der Waals surface area contributed by atoms with E-state index in [-0.39, 0.29) is 6.10 Å². The van der Waals surface area contributed by atoms with E-state index in [1.165, 1.54) is 0 Å². The summed E-state index contributed by atoms with van der Waals surface area (Å²) in [6.45, 7) is 7.97. The lowest BCUT2D eigenvalue weighted by Gasteiger charge is -2.37. The molecule has 2 heterocycles. The molecule has 1 N–H and O–H groups in total. The Hall–Kier alpha value is -1.36. The largest absolute Gasteiger partial charge is 0.375 e. The normalized spacial score (nSPS) is 24.1. The standard InChI is InChI=1S/C13H22N4O/c1-5-11-15-12(14-4)6-13(16-11)17-7-10(3)18-8-9(17)2/h6,9-10H,5,7-8H2,1-4H3,(H,14,15,16). The molecule has 0 aliphatic carbocycles. The van der Waals surface area contributed by atoms with Crippen molar-refractivity contribution < 1.29 is 4.74 Å². The Kier molecular flexibility index (Phi) is 4.01. The highest BCUT2D eigenvalue weighted by atomic mass is 16.5. The number of rotatable bonds is 3. The van der Waals surface area contributed by atoms with Crippen molar-refractivity contribution in [3.05, 3.63) is 11.9 Å². The molecule has 0 spiro atoms. The Balaban J connectivity index is 2.30. The van der Waals surface area contributed by atoms with Gasteiger partial charge in [-0.1, -0.05) is 6.92 Å². The minimum atomic E-state index is 0.249. The summed E-state index contributed by atoms with van der Waals surface area (Å²) in [5.41, 5.74) is 0. The van der Waals surface area contributed by atoms with Gasteiger partial charge < -0.3 is 15.0 Å². The summed E-state index contributed by atoms with van der Waals surface area (Å²) >= 11 is 0. The third-order valence-corrected chi connectivity index (χ3v) is 3.23. The summed E-state index contributed by atoms with van der Waals surface area (Å²) < 4.78 is 5.65. The molecule has 1 aromatic heterocycles. The van der Waals surface area contributed by atoms with Gasteiger partial charge in [0.2, 0.25) is 0 Å². The summed E-state index contributed by atoms with van der Waals surface area (Å²) in [5.74, 6) is 2.75. The van der Waals surface area contributed by atoms with Crippen molar-refractivity contribution in [3.63, 3.8) is 0 Å². The van der Waals surface area contributed by atoms with Gasteiger partial charge in [0, 0.05) is 26.1 Å². The number of anilines is 2. The van der Waals surface area contributed by atoms with E-state index in [0.717, 1.165) is 37.0 Å². The number of ether oxygens (including phenoxy) is 1. The van der Waals surface area contributed by atoms with Crippen LogP contribution in [0.2, 0.25) is 0 Å². The van der Waals surface area contributed by atoms with Crippen molar-refractivity contribution in [3.8, 4) is 0 Å². The lowest BCUT2D eigenvalue weighted by molar-refractivity contribution is 0.0340. The molecule has 1 aromatic rings. The topological polar surface area (TPSA) is 50.3 Å². The minimum absolute atomic E-state index is 0.249. The van der Waals surface area contributed by atoms with Gasteiger partial charge in [-0.3, -0.25) is 0 Å². The minimum Gasteiger partial charge on any atom is -0.375 e. The van der Waals surface area contributed by atoms with Gasteiger partial charge >= 0.3 is 0 Å². The maximum absolute atomic E-state index is 5.65. The average Bonchev–Trinajstić information content (AvgIpc) is 2.40. The van der Waals surface area contributed by atoms with Crippen molar-refractivity contribution in [1.82, 2.24) is 9.97 Å². The fraction of sp³-hybridized carbons (Fsp3) is 0.692. The van der Waals surface area contributed by atoms with Crippen LogP contribution in [0.4, 0.5) is 11.6 Å². The number of nitrogens with one attached hydrogen (secondary N) is 1. The van der Waals surface area contributed by atoms with Gasteiger partial charge in [-0.05, 0) is 13.8 Å². The first-order chi connectivity index (χ1) is 8.63. The molecule has 2 rings (SSSR count). The van der Waals surface area contributed by atoms with Crippen LogP contribution >= 0.6 is 0 Å². The van der Waals surface area contributed by atoms with E-state index in [0.29, 0.717) is 6.04 Å². The molecule has 100 valence electrons. The maximum Gasteiger partial charge on any atom is 0.134 e. The molecule has 1 aliphatic heterocycles. The van der Waals surface area contributed by atoms with Gasteiger partial charge in [-0.25, -0.2) is 9.97 Å². The van der Waals surface area contributed by atoms with E-state index in [1.807, 2.05) is 13.1 Å². The first kappa shape index (κ1) is 13.1. The molecule has 18 heavy (non-hydrogen) atoms. The first-order valence-corrected chi connectivity index (χ1v) is 6.58. The van der Waals surface area contributed by atoms with Crippen LogP contribution in [-0.2, 0) is 11.2 Å². The molecule has 1 aliphatic rings. The van der Waals surface area contributed by atoms with Crippen LogP contribution in [-0.4, -0.2) is 42.3 Å². The molecule has 5 heteroatoms. The van der Waals surface area contributed by atoms with Crippen molar-refractivity contribution >= 4 is 11.6 Å². The molecule has 5 nitrogen and oxygen atoms in total. The summed E-state index contributed by atoms with van der Waals surface area (Å²) in [5, 5.41) is 3.10. The number of aromatic nitrogens is 2. The van der Waals surface area contributed by atoms with Crippen LogP contribution in [0.25, 0.3) is 0 Å². The third kappa shape index (κ3) is 2.72. The second-order valence-corrected chi connectivity index (χ2v) is 4.78. The molecule has 1 saturated heterocycles. The van der Waals surface area contributed by atoms with Crippen molar-refractivity contribution in [1.29, 1.82) is 0 Å². The van der Waals surface area contributed by atoms with E-state index in [4.69, 9.17) is 4.74 Å². The summed E-state index contributed by atoms with van der Waals surface area (Å²) in [7, 11) is 1.89. The fourth-order valence-electron chi connectivity index (χ4n) is 2.14. The lowest BCUT2D eigenvalue weighted by Crippen LogP contribution is -2.47. The summed E-state index contributed by atoms with van der Waals surface area (Å²) in [6, 6.07) is 2.36. The molecular formula is C13H22N4O. The van der Waals surface area contributed by atoms with Gasteiger partial charge in [-0.15, -0.1) is 0 Å². The quantitative estimate of drug-likeness (QED) is 0.884. The van der Waals surface area contributed by atoms with Gasteiger partial charge in [0.15, 0.2) is 0 Å². The molecule has 2 atom stereocenters. The first-order valence-electron chi connectivity index (χ1n) is 6.58. The van der Waals surface area contributed by atoms with Crippen LogP contribution in [0.1, 0.15) is 26.6 Å². The molecule has 0 radical (unpaired) electrons. The van der Waals surface area contributed by atoms with Crippen molar-refractivity contribution in [2.45, 2.75) is 39.3 Å². The van der Waals surface area contributed by atoms with Crippen LogP contribution in [0.3, 0.4) is 0 Å². The lowest BCUT2D eigenvalue weighted by atomic mass is 10.2. The Morgan fingerprint density at radius 1 is 1.44 bits per heavy atom. The van der Waals surface area contributed by atoms with Gasteiger partial charge in [0.25, 0.3) is 0 Å². The maximum atomic E-state index is 5.65. The number of hydrogen-bond donors (Lipinski definition) is 1. The Morgan fingerprint density at radius 3 is 2.89 bits per heavy atom. The Labute approximate surface area is 109 Å². The highest BCUT2D eigenvalue weighted by molar-refractivity contribution is 5.50. The highest BCUT2D eigenvalue weighted by Crippen LogP contribution is 2.22.